The van der Waals surface area contributed by atoms with E-state index in [1.54, 1.807) is 48.9 Å². The van der Waals surface area contributed by atoms with E-state index >= 15 is 0 Å². The van der Waals surface area contributed by atoms with Gasteiger partial charge in [0.2, 0.25) is 0 Å². The fourth-order valence-electron chi connectivity index (χ4n) is 3.05. The van der Waals surface area contributed by atoms with Gasteiger partial charge >= 0.3 is 0 Å². The molecule has 4 nitrogen and oxygen atoms in total. The van der Waals surface area contributed by atoms with E-state index in [1.807, 2.05) is 29.0 Å². The Morgan fingerprint density at radius 2 is 1.83 bits per heavy atom. The van der Waals surface area contributed by atoms with Crippen LogP contribution < -0.4 is 4.74 Å². The topological polar surface area (TPSA) is 39.9 Å². The smallest absolute Gasteiger partial charge is 0.141 e. The first-order valence-electron chi connectivity index (χ1n) is 8.81. The molecule has 0 radical (unpaired) electrons. The molecule has 2 aromatic carbocycles. The van der Waals surface area contributed by atoms with Gasteiger partial charge in [-0.3, -0.25) is 4.98 Å². The summed E-state index contributed by atoms with van der Waals surface area (Å²) in [6.07, 6.45) is 7.11. The van der Waals surface area contributed by atoms with Crippen LogP contribution in [0.25, 0.3) is 22.5 Å². The molecule has 0 fully saturated rings. The summed E-state index contributed by atoms with van der Waals surface area (Å²) in [7, 11) is 0. The molecule has 0 amide bonds. The molecule has 0 N–H and O–H groups in total. The predicted molar refractivity (Wildman–Crippen MR) is 115 cm³/mol. The molecule has 0 saturated heterocycles. The fourth-order valence-corrected chi connectivity index (χ4v) is 3.24. The second-order valence-electron chi connectivity index (χ2n) is 6.16. The summed E-state index contributed by atoms with van der Waals surface area (Å²) in [5.74, 6) is 0.940. The molecular formula is C22H18Cl2FN3O. The van der Waals surface area contributed by atoms with Crippen LogP contribution in [0, 0.1) is 5.82 Å². The number of halogens is 3. The van der Waals surface area contributed by atoms with Crippen molar-refractivity contribution in [3.63, 3.8) is 0 Å². The van der Waals surface area contributed by atoms with E-state index in [0.29, 0.717) is 35.1 Å². The van der Waals surface area contributed by atoms with Crippen molar-refractivity contribution in [1.29, 1.82) is 0 Å². The lowest BCUT2D eigenvalue weighted by Gasteiger charge is -2.14. The summed E-state index contributed by atoms with van der Waals surface area (Å²) in [6, 6.07) is 15.7. The van der Waals surface area contributed by atoms with Crippen molar-refractivity contribution in [3.8, 4) is 28.3 Å². The first kappa shape index (κ1) is 20.8. The standard InChI is InChI=1S/C22H17ClFN3O.ClH/c23-18-6-1-4-16(14-18)21-19(24)7-2-8-20(21)28-13-12-27-11-10-26-22(27)17-5-3-9-25-15-17;/h1-11,14-15H,12-13H2;1H. The van der Waals surface area contributed by atoms with Crippen molar-refractivity contribution >= 4 is 24.0 Å². The molecule has 4 aromatic rings. The molecule has 0 atom stereocenters. The Morgan fingerprint density at radius 1 is 1.00 bits per heavy atom. The van der Waals surface area contributed by atoms with E-state index in [4.69, 9.17) is 16.3 Å². The van der Waals surface area contributed by atoms with Crippen LogP contribution in [0.2, 0.25) is 5.02 Å². The molecule has 0 bridgehead atoms. The summed E-state index contributed by atoms with van der Waals surface area (Å²) in [5.41, 5.74) is 2.01. The number of ether oxygens (including phenoxy) is 1. The van der Waals surface area contributed by atoms with Crippen molar-refractivity contribution in [3.05, 3.63) is 90.2 Å². The molecule has 0 aliphatic rings. The molecule has 2 aromatic heterocycles. The Kier molecular flexibility index (Phi) is 6.86. The highest BCUT2D eigenvalue weighted by Gasteiger charge is 2.13. The molecule has 0 saturated carbocycles. The normalized spacial score (nSPS) is 10.4. The number of benzene rings is 2. The van der Waals surface area contributed by atoms with E-state index in [-0.39, 0.29) is 18.2 Å². The van der Waals surface area contributed by atoms with Crippen molar-refractivity contribution in [1.82, 2.24) is 14.5 Å². The maximum Gasteiger partial charge on any atom is 0.141 e. The maximum atomic E-state index is 14.5. The Bertz CT molecular complexity index is 1090. The number of nitrogens with zero attached hydrogens (tertiary/aromatic N) is 3. The summed E-state index contributed by atoms with van der Waals surface area (Å²) in [5, 5.41) is 0.547. The lowest BCUT2D eigenvalue weighted by molar-refractivity contribution is 0.299. The predicted octanol–water partition coefficient (Wildman–Crippen LogP) is 5.91. The number of hydrogen-bond donors (Lipinski definition) is 0. The Balaban J connectivity index is 0.00000240. The average Bonchev–Trinajstić information content (AvgIpc) is 3.17. The number of rotatable bonds is 6. The molecule has 0 unspecified atom stereocenters. The van der Waals surface area contributed by atoms with Crippen LogP contribution >= 0.6 is 24.0 Å². The highest BCUT2D eigenvalue weighted by Crippen LogP contribution is 2.34. The molecule has 2 heterocycles. The Hall–Kier alpha value is -2.89. The van der Waals surface area contributed by atoms with Gasteiger partial charge in [-0.25, -0.2) is 9.37 Å². The van der Waals surface area contributed by atoms with Gasteiger partial charge in [0, 0.05) is 35.4 Å². The van der Waals surface area contributed by atoms with E-state index < -0.39 is 0 Å². The van der Waals surface area contributed by atoms with Gasteiger partial charge in [-0.15, -0.1) is 12.4 Å². The molecule has 0 aliphatic carbocycles. The lowest BCUT2D eigenvalue weighted by Crippen LogP contribution is -2.09. The zero-order chi connectivity index (χ0) is 19.3. The highest BCUT2D eigenvalue weighted by atomic mass is 35.5. The van der Waals surface area contributed by atoms with Crippen molar-refractivity contribution in [2.75, 3.05) is 6.61 Å². The summed E-state index contributed by atoms with van der Waals surface area (Å²) in [4.78, 5) is 8.53. The first-order chi connectivity index (χ1) is 13.7. The molecule has 148 valence electrons. The average molecular weight is 430 g/mol. The van der Waals surface area contributed by atoms with Gasteiger partial charge in [-0.1, -0.05) is 29.8 Å². The number of aromatic nitrogens is 3. The van der Waals surface area contributed by atoms with Crippen molar-refractivity contribution in [2.24, 2.45) is 0 Å². The van der Waals surface area contributed by atoms with Crippen molar-refractivity contribution in [2.45, 2.75) is 6.54 Å². The number of pyridine rings is 1. The molecular weight excluding hydrogens is 412 g/mol. The Morgan fingerprint density at radius 3 is 2.62 bits per heavy atom. The number of imidazole rings is 1. The van der Waals surface area contributed by atoms with Gasteiger partial charge in [0.15, 0.2) is 0 Å². The van der Waals surface area contributed by atoms with E-state index in [1.165, 1.54) is 6.07 Å². The van der Waals surface area contributed by atoms with E-state index in [0.717, 1.165) is 11.4 Å². The van der Waals surface area contributed by atoms with Gasteiger partial charge in [0.05, 0.1) is 12.1 Å². The van der Waals surface area contributed by atoms with Crippen molar-refractivity contribution < 1.29 is 9.13 Å². The zero-order valence-electron chi connectivity index (χ0n) is 15.3. The van der Waals surface area contributed by atoms with Crippen LogP contribution in [0.15, 0.2) is 79.4 Å². The quantitative estimate of drug-likeness (QED) is 0.382. The van der Waals surface area contributed by atoms with Gasteiger partial charge < -0.3 is 9.30 Å². The lowest BCUT2D eigenvalue weighted by atomic mass is 10.0. The third kappa shape index (κ3) is 4.75. The largest absolute Gasteiger partial charge is 0.491 e. The van der Waals surface area contributed by atoms with Gasteiger partial charge in [0.25, 0.3) is 0 Å². The molecule has 29 heavy (non-hydrogen) atoms. The van der Waals surface area contributed by atoms with Gasteiger partial charge in [-0.2, -0.15) is 0 Å². The number of hydrogen-bond acceptors (Lipinski definition) is 3. The third-order valence-electron chi connectivity index (χ3n) is 4.31. The van der Waals surface area contributed by atoms with Crippen LogP contribution in [0.3, 0.4) is 0 Å². The minimum atomic E-state index is -0.349. The highest BCUT2D eigenvalue weighted by molar-refractivity contribution is 6.30. The zero-order valence-corrected chi connectivity index (χ0v) is 16.9. The molecule has 0 aliphatic heterocycles. The van der Waals surface area contributed by atoms with Crippen LogP contribution in [-0.4, -0.2) is 21.1 Å². The second-order valence-corrected chi connectivity index (χ2v) is 6.59. The summed E-state index contributed by atoms with van der Waals surface area (Å²) < 4.78 is 22.4. The fraction of sp³-hybridized carbons (Fsp3) is 0.0909. The second kappa shape index (κ2) is 9.54. The van der Waals surface area contributed by atoms with Gasteiger partial charge in [-0.05, 0) is 42.0 Å². The van der Waals surface area contributed by atoms with Gasteiger partial charge in [0.1, 0.15) is 24.0 Å². The third-order valence-corrected chi connectivity index (χ3v) is 4.55. The molecule has 7 heteroatoms. The van der Waals surface area contributed by atoms with E-state index in [9.17, 15) is 4.39 Å². The summed E-state index contributed by atoms with van der Waals surface area (Å²) >= 11 is 6.07. The first-order valence-corrected chi connectivity index (χ1v) is 9.19. The van der Waals surface area contributed by atoms with Crippen LogP contribution in [-0.2, 0) is 6.54 Å². The monoisotopic (exact) mass is 429 g/mol. The minimum Gasteiger partial charge on any atom is -0.491 e. The maximum absolute atomic E-state index is 14.5. The minimum absolute atomic E-state index is 0. The van der Waals surface area contributed by atoms with Crippen LogP contribution in [0.5, 0.6) is 5.75 Å². The summed E-state index contributed by atoms with van der Waals surface area (Å²) in [6.45, 7) is 0.927. The molecule has 0 spiro atoms. The van der Waals surface area contributed by atoms with E-state index in [2.05, 4.69) is 9.97 Å². The molecule has 4 rings (SSSR count). The van der Waals surface area contributed by atoms with Crippen LogP contribution in [0.4, 0.5) is 4.39 Å². The SMILES string of the molecule is Cl.Fc1cccc(OCCn2ccnc2-c2cccnc2)c1-c1cccc(Cl)c1. The van der Waals surface area contributed by atoms with Crippen LogP contribution in [0.1, 0.15) is 0 Å². The Labute approximate surface area is 179 Å².